The maximum Gasteiger partial charge on any atom is 0.265 e. The molecule has 1 aliphatic rings. The van der Waals surface area contributed by atoms with E-state index in [4.69, 9.17) is 9.47 Å². The van der Waals surface area contributed by atoms with Crippen LogP contribution in [-0.4, -0.2) is 37.0 Å². The number of methoxy groups -OCH3 is 2. The summed E-state index contributed by atoms with van der Waals surface area (Å²) in [5.41, 5.74) is 1.60. The van der Waals surface area contributed by atoms with Crippen LogP contribution in [0.4, 0.5) is 0 Å². The van der Waals surface area contributed by atoms with Crippen molar-refractivity contribution in [1.82, 2.24) is 10.2 Å². The molecule has 2 aromatic carbocycles. The van der Waals surface area contributed by atoms with E-state index in [9.17, 15) is 9.59 Å². The molecule has 0 unspecified atom stereocenters. The van der Waals surface area contributed by atoms with Gasteiger partial charge in [0.25, 0.3) is 5.91 Å². The SMILES string of the molecule is COc1cccc(CN(C(=O)c2cccs2)[C@H](C(=O)NC2CCCCC2)c2cccc(OC)c2)c1. The van der Waals surface area contributed by atoms with Gasteiger partial charge in [-0.05, 0) is 59.7 Å². The van der Waals surface area contributed by atoms with Gasteiger partial charge in [0.2, 0.25) is 5.91 Å². The fraction of sp³-hybridized carbons (Fsp3) is 0.357. The zero-order valence-electron chi connectivity index (χ0n) is 20.2. The maximum absolute atomic E-state index is 13.9. The molecule has 1 N–H and O–H groups in total. The van der Waals surface area contributed by atoms with E-state index in [2.05, 4.69) is 5.32 Å². The standard InChI is InChI=1S/C28H32N2O4S/c1-33-23-13-6-9-20(17-23)19-30(28(32)25-15-8-16-35-25)26(21-10-7-14-24(18-21)34-2)27(31)29-22-11-4-3-5-12-22/h6-10,13-18,22,26H,3-5,11-12,19H2,1-2H3,(H,29,31)/t26-/m0/s1. The van der Waals surface area contributed by atoms with Crippen molar-refractivity contribution in [2.24, 2.45) is 0 Å². The first-order valence-corrected chi connectivity index (χ1v) is 12.9. The highest BCUT2D eigenvalue weighted by Crippen LogP contribution is 2.30. The Labute approximate surface area is 210 Å². The number of carbonyl (C=O) groups is 2. The third-order valence-corrected chi connectivity index (χ3v) is 7.26. The Morgan fingerprint density at radius 1 is 0.971 bits per heavy atom. The van der Waals surface area contributed by atoms with Crippen molar-refractivity contribution >= 4 is 23.2 Å². The third kappa shape index (κ3) is 6.22. The van der Waals surface area contributed by atoms with Crippen molar-refractivity contribution in [1.29, 1.82) is 0 Å². The van der Waals surface area contributed by atoms with Crippen molar-refractivity contribution in [3.8, 4) is 11.5 Å². The molecule has 0 bridgehead atoms. The molecule has 1 fully saturated rings. The van der Waals surface area contributed by atoms with Gasteiger partial charge in [-0.2, -0.15) is 0 Å². The van der Waals surface area contributed by atoms with Crippen LogP contribution in [-0.2, 0) is 11.3 Å². The summed E-state index contributed by atoms with van der Waals surface area (Å²) in [4.78, 5) is 29.9. The van der Waals surface area contributed by atoms with Crippen LogP contribution in [0.3, 0.4) is 0 Å². The summed E-state index contributed by atoms with van der Waals surface area (Å²) in [7, 11) is 3.21. The second kappa shape index (κ2) is 11.9. The second-order valence-corrected chi connectivity index (χ2v) is 9.73. The summed E-state index contributed by atoms with van der Waals surface area (Å²) in [6, 6.07) is 18.0. The molecular formula is C28H32N2O4S. The van der Waals surface area contributed by atoms with Gasteiger partial charge in [0, 0.05) is 12.6 Å². The maximum atomic E-state index is 13.9. The van der Waals surface area contributed by atoms with Crippen molar-refractivity contribution in [3.05, 3.63) is 82.0 Å². The Morgan fingerprint density at radius 3 is 2.37 bits per heavy atom. The average molecular weight is 493 g/mol. The lowest BCUT2D eigenvalue weighted by atomic mass is 9.94. The summed E-state index contributed by atoms with van der Waals surface area (Å²) in [6.45, 7) is 0.258. The molecule has 1 saturated carbocycles. The number of rotatable bonds is 9. The Kier molecular flexibility index (Phi) is 8.42. The average Bonchev–Trinajstić information content (AvgIpc) is 3.44. The smallest absolute Gasteiger partial charge is 0.265 e. The summed E-state index contributed by atoms with van der Waals surface area (Å²) in [5, 5.41) is 5.12. The van der Waals surface area contributed by atoms with Crippen LogP contribution in [0.25, 0.3) is 0 Å². The molecule has 2 amide bonds. The highest BCUT2D eigenvalue weighted by molar-refractivity contribution is 7.12. The van der Waals surface area contributed by atoms with Gasteiger partial charge >= 0.3 is 0 Å². The van der Waals surface area contributed by atoms with Crippen LogP contribution < -0.4 is 14.8 Å². The minimum absolute atomic E-state index is 0.125. The van der Waals surface area contributed by atoms with Gasteiger partial charge in [-0.25, -0.2) is 0 Å². The number of amides is 2. The first-order valence-electron chi connectivity index (χ1n) is 12.0. The number of hydrogen-bond acceptors (Lipinski definition) is 5. The van der Waals surface area contributed by atoms with Crippen LogP contribution >= 0.6 is 11.3 Å². The first kappa shape index (κ1) is 24.8. The van der Waals surface area contributed by atoms with E-state index in [1.165, 1.54) is 17.8 Å². The van der Waals surface area contributed by atoms with Gasteiger partial charge in [-0.1, -0.05) is 49.6 Å². The van der Waals surface area contributed by atoms with Gasteiger partial charge in [0.05, 0.1) is 19.1 Å². The lowest BCUT2D eigenvalue weighted by molar-refractivity contribution is -0.127. The normalized spacial score (nSPS) is 14.7. The van der Waals surface area contributed by atoms with Crippen molar-refractivity contribution < 1.29 is 19.1 Å². The van der Waals surface area contributed by atoms with Crippen LogP contribution in [0.1, 0.15) is 58.9 Å². The van der Waals surface area contributed by atoms with Crippen molar-refractivity contribution in [2.75, 3.05) is 14.2 Å². The monoisotopic (exact) mass is 492 g/mol. The molecule has 0 saturated heterocycles. The quantitative estimate of drug-likeness (QED) is 0.422. The van der Waals surface area contributed by atoms with Crippen LogP contribution in [0, 0.1) is 0 Å². The van der Waals surface area contributed by atoms with E-state index < -0.39 is 6.04 Å². The van der Waals surface area contributed by atoms with E-state index in [1.54, 1.807) is 25.2 Å². The van der Waals surface area contributed by atoms with Gasteiger partial charge < -0.3 is 19.7 Å². The molecule has 1 aliphatic carbocycles. The number of ether oxygens (including phenoxy) is 2. The minimum Gasteiger partial charge on any atom is -0.497 e. The molecule has 3 aromatic rings. The number of benzene rings is 2. The number of nitrogens with zero attached hydrogens (tertiary/aromatic N) is 1. The predicted octanol–water partition coefficient (Wildman–Crippen LogP) is 5.60. The first-order chi connectivity index (χ1) is 17.1. The molecule has 0 spiro atoms. The molecule has 1 aromatic heterocycles. The molecule has 7 heteroatoms. The van der Waals surface area contributed by atoms with E-state index in [0.29, 0.717) is 21.9 Å². The fourth-order valence-electron chi connectivity index (χ4n) is 4.60. The Balaban J connectivity index is 1.75. The number of nitrogens with one attached hydrogen (secondary N) is 1. The second-order valence-electron chi connectivity index (χ2n) is 8.78. The molecule has 0 aliphatic heterocycles. The van der Waals surface area contributed by atoms with E-state index in [1.807, 2.05) is 60.0 Å². The van der Waals surface area contributed by atoms with Crippen LogP contribution in [0.2, 0.25) is 0 Å². The number of hydrogen-bond donors (Lipinski definition) is 1. The molecule has 0 radical (unpaired) electrons. The zero-order valence-corrected chi connectivity index (χ0v) is 21.1. The molecule has 6 nitrogen and oxygen atoms in total. The highest BCUT2D eigenvalue weighted by Gasteiger charge is 2.34. The fourth-order valence-corrected chi connectivity index (χ4v) is 5.28. The molecule has 35 heavy (non-hydrogen) atoms. The third-order valence-electron chi connectivity index (χ3n) is 6.40. The zero-order chi connectivity index (χ0) is 24.6. The lowest BCUT2D eigenvalue weighted by Gasteiger charge is -2.33. The van der Waals surface area contributed by atoms with Gasteiger partial charge in [0.15, 0.2) is 0 Å². The highest BCUT2D eigenvalue weighted by atomic mass is 32.1. The van der Waals surface area contributed by atoms with Crippen molar-refractivity contribution in [3.63, 3.8) is 0 Å². The number of carbonyl (C=O) groups excluding carboxylic acids is 2. The predicted molar refractivity (Wildman–Crippen MR) is 138 cm³/mol. The van der Waals surface area contributed by atoms with E-state index >= 15 is 0 Å². The molecule has 184 valence electrons. The van der Waals surface area contributed by atoms with E-state index in [0.717, 1.165) is 31.2 Å². The Morgan fingerprint density at radius 2 is 1.69 bits per heavy atom. The summed E-state index contributed by atoms with van der Waals surface area (Å²) in [6.07, 6.45) is 5.34. The largest absolute Gasteiger partial charge is 0.497 e. The lowest BCUT2D eigenvalue weighted by Crippen LogP contribution is -2.46. The molecular weight excluding hydrogens is 460 g/mol. The van der Waals surface area contributed by atoms with Gasteiger partial charge in [-0.15, -0.1) is 11.3 Å². The minimum atomic E-state index is -0.812. The van der Waals surface area contributed by atoms with Crippen molar-refractivity contribution in [2.45, 2.75) is 50.7 Å². The summed E-state index contributed by atoms with van der Waals surface area (Å²) >= 11 is 1.37. The topological polar surface area (TPSA) is 67.9 Å². The van der Waals surface area contributed by atoms with Gasteiger partial charge in [0.1, 0.15) is 17.5 Å². The molecule has 4 rings (SSSR count). The summed E-state index contributed by atoms with van der Waals surface area (Å²) < 4.78 is 10.8. The van der Waals surface area contributed by atoms with Crippen LogP contribution in [0.15, 0.2) is 66.0 Å². The van der Waals surface area contributed by atoms with E-state index in [-0.39, 0.29) is 24.4 Å². The number of thiophene rings is 1. The van der Waals surface area contributed by atoms with Gasteiger partial charge in [-0.3, -0.25) is 9.59 Å². The summed E-state index contributed by atoms with van der Waals surface area (Å²) in [5.74, 6) is 0.992. The molecule has 1 atom stereocenters. The Bertz CT molecular complexity index is 1130. The van der Waals surface area contributed by atoms with Crippen LogP contribution in [0.5, 0.6) is 11.5 Å². The Hall–Kier alpha value is -3.32. The molecule has 1 heterocycles.